The number of nitrogens with zero attached hydrogens (tertiary/aromatic N) is 4. The number of methoxy groups -OCH3 is 1. The molecule has 1 aliphatic rings. The van der Waals surface area contributed by atoms with Gasteiger partial charge in [-0.05, 0) is 24.3 Å². The highest BCUT2D eigenvalue weighted by Gasteiger charge is 2.25. The van der Waals surface area contributed by atoms with E-state index in [0.29, 0.717) is 22.7 Å². The summed E-state index contributed by atoms with van der Waals surface area (Å²) in [6.45, 7) is 1.44. The number of hydrogen-bond donors (Lipinski definition) is 1. The summed E-state index contributed by atoms with van der Waals surface area (Å²) in [5.41, 5.74) is 1.77. The molecule has 1 aromatic heterocycles. The molecule has 0 saturated heterocycles. The monoisotopic (exact) mass is 492 g/mol. The molecule has 0 bridgehead atoms. The Balaban J connectivity index is 1.99. The summed E-state index contributed by atoms with van der Waals surface area (Å²) >= 11 is 0. The van der Waals surface area contributed by atoms with Gasteiger partial charge in [-0.2, -0.15) is 0 Å². The molecule has 3 rings (SSSR count). The number of anilines is 1. The number of esters is 1. The second-order valence-electron chi connectivity index (χ2n) is 7.90. The highest BCUT2D eigenvalue weighted by atomic mass is 32.2. The molecule has 1 N–H and O–H groups in total. The highest BCUT2D eigenvalue weighted by Crippen LogP contribution is 2.25. The lowest BCUT2D eigenvalue weighted by Gasteiger charge is -2.34. The molecule has 0 aliphatic carbocycles. The van der Waals surface area contributed by atoms with Crippen molar-refractivity contribution >= 4 is 27.4 Å². The summed E-state index contributed by atoms with van der Waals surface area (Å²) in [5.74, 6) is -0.336. The van der Waals surface area contributed by atoms with E-state index in [0.717, 1.165) is 6.26 Å². The smallest absolute Gasteiger partial charge is 0.303 e. The fourth-order valence-electron chi connectivity index (χ4n) is 3.56. The van der Waals surface area contributed by atoms with Gasteiger partial charge in [-0.15, -0.1) is 0 Å². The van der Waals surface area contributed by atoms with Crippen LogP contribution in [0.2, 0.25) is 0 Å². The van der Waals surface area contributed by atoms with Crippen LogP contribution in [0, 0.1) is 0 Å². The van der Waals surface area contributed by atoms with Gasteiger partial charge in [0, 0.05) is 63.1 Å². The van der Waals surface area contributed by atoms with Crippen molar-refractivity contribution in [3.8, 4) is 5.75 Å². The van der Waals surface area contributed by atoms with Crippen LogP contribution in [0.1, 0.15) is 24.6 Å². The Hall–Kier alpha value is -3.25. The molecule has 34 heavy (non-hydrogen) atoms. The van der Waals surface area contributed by atoms with Crippen molar-refractivity contribution in [3.63, 3.8) is 0 Å². The van der Waals surface area contributed by atoms with Crippen LogP contribution in [-0.4, -0.2) is 79.6 Å². The number of ether oxygens (including phenoxy) is 2. The average Bonchev–Trinajstić information content (AvgIpc) is 2.80. The molecule has 11 nitrogen and oxygen atoms in total. The van der Waals surface area contributed by atoms with E-state index in [1.54, 1.807) is 36.3 Å². The maximum absolute atomic E-state index is 12.6. The molecular formula is C22H28N4O7S. The number of sulfone groups is 1. The topological polar surface area (TPSA) is 139 Å². The van der Waals surface area contributed by atoms with Crippen LogP contribution in [-0.2, 0) is 37.1 Å². The van der Waals surface area contributed by atoms with E-state index < -0.39 is 34.5 Å². The predicted molar refractivity (Wildman–Crippen MR) is 122 cm³/mol. The molecule has 0 fully saturated rings. The number of carbonyl (C=O) groups excluding carboxylic acids is 2. The minimum Gasteiger partial charge on any atom is -0.497 e. The number of fused-ring (bicyclic) bond motifs is 1. The first-order chi connectivity index (χ1) is 16.1. The molecule has 1 aliphatic heterocycles. The van der Waals surface area contributed by atoms with Crippen molar-refractivity contribution in [2.75, 3.05) is 38.0 Å². The molecule has 1 unspecified atom stereocenters. The van der Waals surface area contributed by atoms with Crippen molar-refractivity contribution in [2.24, 2.45) is 0 Å². The van der Waals surface area contributed by atoms with Gasteiger partial charge in [0.15, 0.2) is 6.61 Å². The minimum atomic E-state index is -3.64. The Morgan fingerprint density at radius 1 is 1.21 bits per heavy atom. The van der Waals surface area contributed by atoms with Gasteiger partial charge in [0.05, 0.1) is 12.8 Å². The molecule has 0 spiro atoms. The lowest BCUT2D eigenvalue weighted by molar-refractivity contribution is -0.150. The third-order valence-corrected chi connectivity index (χ3v) is 6.26. The molecule has 184 valence electrons. The van der Waals surface area contributed by atoms with E-state index in [1.807, 2.05) is 0 Å². The van der Waals surface area contributed by atoms with E-state index in [1.165, 1.54) is 18.0 Å². The standard InChI is InChI=1S/C22H28N4O7S/c1-15(27)33-14-21(29)25-10-8-19-16(12-23-22(24-19)34(3,30)31)13-26(20(28)9-11-25)17-4-6-18(32-2)7-5-17/h4-7,12,20,28H,8-11,13-14H2,1-3H3. The number of aliphatic hydroxyl groups excluding tert-OH is 1. The summed E-state index contributed by atoms with van der Waals surface area (Å²) in [4.78, 5) is 35.2. The van der Waals surface area contributed by atoms with Gasteiger partial charge in [-0.1, -0.05) is 0 Å². The number of amides is 1. The Morgan fingerprint density at radius 2 is 1.91 bits per heavy atom. The minimum absolute atomic E-state index is 0.202. The van der Waals surface area contributed by atoms with E-state index in [-0.39, 0.29) is 37.6 Å². The van der Waals surface area contributed by atoms with Crippen molar-refractivity contribution in [3.05, 3.63) is 41.7 Å². The molecule has 12 heteroatoms. The summed E-state index contributed by atoms with van der Waals surface area (Å²) < 4.78 is 34.1. The van der Waals surface area contributed by atoms with Gasteiger partial charge in [0.25, 0.3) is 5.91 Å². The summed E-state index contributed by atoms with van der Waals surface area (Å²) in [5, 5.41) is 10.7. The second kappa shape index (κ2) is 10.8. The molecular weight excluding hydrogens is 464 g/mol. The third kappa shape index (κ3) is 6.41. The van der Waals surface area contributed by atoms with Gasteiger partial charge in [0.1, 0.15) is 12.0 Å². The lowest BCUT2D eigenvalue weighted by atomic mass is 10.1. The predicted octanol–water partition coefficient (Wildman–Crippen LogP) is 0.552. The first kappa shape index (κ1) is 25.4. The number of aromatic nitrogens is 2. The molecule has 1 aromatic carbocycles. The largest absolute Gasteiger partial charge is 0.497 e. The highest BCUT2D eigenvalue weighted by molar-refractivity contribution is 7.90. The van der Waals surface area contributed by atoms with E-state index in [2.05, 4.69) is 9.97 Å². The van der Waals surface area contributed by atoms with Crippen molar-refractivity contribution in [2.45, 2.75) is 37.7 Å². The summed E-state index contributed by atoms with van der Waals surface area (Å²) in [7, 11) is -2.09. The normalized spacial score (nSPS) is 17.0. The zero-order chi connectivity index (χ0) is 24.9. The number of rotatable bonds is 5. The van der Waals surface area contributed by atoms with Crippen LogP contribution in [0.3, 0.4) is 0 Å². The van der Waals surface area contributed by atoms with Gasteiger partial charge >= 0.3 is 5.97 Å². The number of benzene rings is 1. The van der Waals surface area contributed by atoms with E-state index in [9.17, 15) is 23.1 Å². The Bertz CT molecular complexity index is 1140. The van der Waals surface area contributed by atoms with Gasteiger partial charge in [-0.25, -0.2) is 18.4 Å². The summed E-state index contributed by atoms with van der Waals surface area (Å²) in [6, 6.07) is 7.12. The first-order valence-corrected chi connectivity index (χ1v) is 12.5. The molecule has 2 aromatic rings. The molecule has 0 radical (unpaired) electrons. The SMILES string of the molecule is COc1ccc(N2Cc3cnc(S(C)(=O)=O)nc3CCN(C(=O)COC(C)=O)CCC2O)cc1. The van der Waals surface area contributed by atoms with Crippen molar-refractivity contribution in [1.82, 2.24) is 14.9 Å². The fourth-order valence-corrected chi connectivity index (χ4v) is 4.08. The Morgan fingerprint density at radius 3 is 2.53 bits per heavy atom. The van der Waals surface area contributed by atoms with Crippen molar-refractivity contribution in [1.29, 1.82) is 0 Å². The third-order valence-electron chi connectivity index (χ3n) is 5.40. The van der Waals surface area contributed by atoms with Gasteiger partial charge < -0.3 is 24.4 Å². The van der Waals surface area contributed by atoms with Crippen LogP contribution >= 0.6 is 0 Å². The molecule has 1 amide bonds. The zero-order valence-corrected chi connectivity index (χ0v) is 20.1. The van der Waals surface area contributed by atoms with Crippen LogP contribution in [0.4, 0.5) is 5.69 Å². The molecule has 1 atom stereocenters. The van der Waals surface area contributed by atoms with Crippen LogP contribution in [0.5, 0.6) is 5.75 Å². The van der Waals surface area contributed by atoms with Crippen LogP contribution in [0.25, 0.3) is 0 Å². The fraction of sp³-hybridized carbons (Fsp3) is 0.455. The number of carbonyl (C=O) groups is 2. The van der Waals surface area contributed by atoms with Crippen LogP contribution < -0.4 is 9.64 Å². The number of hydrogen-bond acceptors (Lipinski definition) is 10. The van der Waals surface area contributed by atoms with E-state index >= 15 is 0 Å². The van der Waals surface area contributed by atoms with Crippen molar-refractivity contribution < 1.29 is 32.6 Å². The Kier molecular flexibility index (Phi) is 8.05. The average molecular weight is 493 g/mol. The maximum atomic E-state index is 12.6. The lowest BCUT2D eigenvalue weighted by Crippen LogP contribution is -2.43. The Labute approximate surface area is 198 Å². The van der Waals surface area contributed by atoms with Crippen LogP contribution in [0.15, 0.2) is 35.6 Å². The van der Waals surface area contributed by atoms with Gasteiger partial charge in [0.2, 0.25) is 15.0 Å². The zero-order valence-electron chi connectivity index (χ0n) is 19.3. The second-order valence-corrected chi connectivity index (χ2v) is 9.81. The summed E-state index contributed by atoms with van der Waals surface area (Å²) in [6.07, 6.45) is 1.98. The van der Waals surface area contributed by atoms with E-state index in [4.69, 9.17) is 9.47 Å². The maximum Gasteiger partial charge on any atom is 0.303 e. The molecule has 0 saturated carbocycles. The molecule has 2 heterocycles. The number of aliphatic hydroxyl groups is 1. The van der Waals surface area contributed by atoms with Gasteiger partial charge in [-0.3, -0.25) is 9.59 Å². The quantitative estimate of drug-likeness (QED) is 0.465. The first-order valence-electron chi connectivity index (χ1n) is 10.6.